The summed E-state index contributed by atoms with van der Waals surface area (Å²) in [4.78, 5) is 19.1. The Morgan fingerprint density at radius 3 is 1.33 bits per heavy atom. The van der Waals surface area contributed by atoms with Crippen LogP contribution in [0.5, 0.6) is 0 Å². The molecule has 0 aliphatic heterocycles. The summed E-state index contributed by atoms with van der Waals surface area (Å²) in [5.74, 6) is -2.51. The van der Waals surface area contributed by atoms with E-state index in [0.29, 0.717) is 12.2 Å². The molecule has 0 atom stereocenters. The van der Waals surface area contributed by atoms with Crippen LogP contribution in [0, 0.1) is 0 Å². The number of carboxylic acids is 2. The number of carboxylic acid groups (broad SMARTS) is 2. The molecule has 50 valence electrons. The third-order valence-corrected chi connectivity index (χ3v) is 0.368. The van der Waals surface area contributed by atoms with Gasteiger partial charge in [0.05, 0.1) is 0 Å². The topological polar surface area (TPSA) is 74.6 Å². The van der Waals surface area contributed by atoms with Gasteiger partial charge in [0, 0.05) is 12.2 Å². The van der Waals surface area contributed by atoms with Gasteiger partial charge < -0.3 is 10.2 Å². The summed E-state index contributed by atoms with van der Waals surface area (Å²) in [6, 6.07) is 0. The van der Waals surface area contributed by atoms with Gasteiger partial charge in [0.15, 0.2) is 0 Å². The number of carbonyl (C=O) groups is 2. The molecule has 0 spiro atoms. The van der Waals surface area contributed by atoms with E-state index in [-0.39, 0.29) is 23.9 Å². The van der Waals surface area contributed by atoms with Gasteiger partial charge in [0.1, 0.15) is 0 Å². The van der Waals surface area contributed by atoms with E-state index < -0.39 is 11.9 Å². The molecule has 0 saturated heterocycles. The van der Waals surface area contributed by atoms with Gasteiger partial charge in [-0.1, -0.05) is 0 Å². The minimum absolute atomic E-state index is 0. The van der Waals surface area contributed by atoms with Crippen LogP contribution in [0.4, 0.5) is 0 Å². The van der Waals surface area contributed by atoms with Crippen molar-refractivity contribution in [3.63, 3.8) is 0 Å². The maximum atomic E-state index is 9.55. The van der Waals surface area contributed by atoms with Gasteiger partial charge in [-0.25, -0.2) is 9.59 Å². The summed E-state index contributed by atoms with van der Waals surface area (Å²) in [5, 5.41) is 15.6. The number of rotatable bonds is 2. The third kappa shape index (κ3) is 11.2. The van der Waals surface area contributed by atoms with Crippen molar-refractivity contribution in [1.29, 1.82) is 0 Å². The molecule has 9 heavy (non-hydrogen) atoms. The van der Waals surface area contributed by atoms with Crippen LogP contribution in [-0.2, 0) is 9.59 Å². The Labute approximate surface area is 68.1 Å². The molecule has 4 nitrogen and oxygen atoms in total. The van der Waals surface area contributed by atoms with E-state index in [0.717, 1.165) is 0 Å². The maximum absolute atomic E-state index is 9.55. The molecule has 0 aliphatic rings. The Bertz CT molecular complexity index is 124. The van der Waals surface area contributed by atoms with Crippen molar-refractivity contribution in [3.8, 4) is 0 Å². The van der Waals surface area contributed by atoms with E-state index in [4.69, 9.17) is 10.2 Å². The fourth-order valence-corrected chi connectivity index (χ4v) is 0.143. The second kappa shape index (κ2) is 5.61. The van der Waals surface area contributed by atoms with Crippen LogP contribution in [0.15, 0.2) is 12.2 Å². The minimum atomic E-state index is -1.26. The second-order valence-electron chi connectivity index (χ2n) is 1.01. The predicted octanol–water partition coefficient (Wildman–Crippen LogP) is -1.20. The van der Waals surface area contributed by atoms with E-state index in [9.17, 15) is 9.59 Å². The van der Waals surface area contributed by atoms with Gasteiger partial charge in [-0.05, 0) is 0 Å². The van der Waals surface area contributed by atoms with Crippen molar-refractivity contribution in [3.05, 3.63) is 12.2 Å². The molecule has 0 aromatic rings. The molecule has 5 heteroatoms. The first-order chi connectivity index (χ1) is 3.63. The predicted molar refractivity (Wildman–Crippen MR) is 33.0 cm³/mol. The molecular formula is C4H6O4Sn. The molecule has 0 aromatic carbocycles. The summed E-state index contributed by atoms with van der Waals surface area (Å²) >= 11 is 0. The van der Waals surface area contributed by atoms with E-state index in [1.54, 1.807) is 0 Å². The van der Waals surface area contributed by atoms with Crippen LogP contribution in [0.25, 0.3) is 0 Å². The molecule has 0 bridgehead atoms. The normalized spacial score (nSPS) is 8.44. The summed E-state index contributed by atoms with van der Waals surface area (Å²) in [7, 11) is 0. The van der Waals surface area contributed by atoms with Crippen LogP contribution in [0.3, 0.4) is 0 Å². The molecule has 0 saturated carbocycles. The van der Waals surface area contributed by atoms with Crippen LogP contribution in [-0.4, -0.2) is 46.1 Å². The van der Waals surface area contributed by atoms with Crippen LogP contribution in [0.2, 0.25) is 0 Å². The monoisotopic (exact) mass is 238 g/mol. The van der Waals surface area contributed by atoms with Crippen molar-refractivity contribution in [2.75, 3.05) is 0 Å². The first kappa shape index (κ1) is 11.3. The van der Waals surface area contributed by atoms with Crippen LogP contribution < -0.4 is 0 Å². The zero-order valence-electron chi connectivity index (χ0n) is 4.57. The van der Waals surface area contributed by atoms with Gasteiger partial charge in [-0.3, -0.25) is 0 Å². The standard InChI is InChI=1S/C4H4O4.Sn.2H/c5-3(6)1-2-4(7)8;;;/h1-2H,(H,5,6)(H,7,8);;;. The summed E-state index contributed by atoms with van der Waals surface area (Å²) in [6.45, 7) is 0. The van der Waals surface area contributed by atoms with Crippen molar-refractivity contribution in [2.24, 2.45) is 0 Å². The SMILES string of the molecule is O=C(O)C=CC(=O)O.[SnH2]. The van der Waals surface area contributed by atoms with Gasteiger partial charge in [0.25, 0.3) is 0 Å². The fraction of sp³-hybridized carbons (Fsp3) is 0. The van der Waals surface area contributed by atoms with E-state index in [1.807, 2.05) is 0 Å². The summed E-state index contributed by atoms with van der Waals surface area (Å²) in [5.41, 5.74) is 0. The molecule has 0 aromatic heterocycles. The average Bonchev–Trinajstić information content (AvgIpc) is 1.61. The number of hydrogen-bond donors (Lipinski definition) is 2. The Morgan fingerprint density at radius 2 is 1.22 bits per heavy atom. The molecule has 0 fully saturated rings. The van der Waals surface area contributed by atoms with E-state index >= 15 is 0 Å². The molecule has 2 N–H and O–H groups in total. The Morgan fingerprint density at radius 1 is 1.00 bits per heavy atom. The van der Waals surface area contributed by atoms with Gasteiger partial charge in [-0.15, -0.1) is 0 Å². The van der Waals surface area contributed by atoms with E-state index in [2.05, 4.69) is 0 Å². The fourth-order valence-electron chi connectivity index (χ4n) is 0.143. The van der Waals surface area contributed by atoms with Crippen LogP contribution >= 0.6 is 0 Å². The molecule has 0 rings (SSSR count). The van der Waals surface area contributed by atoms with Crippen molar-refractivity contribution in [1.82, 2.24) is 0 Å². The zero-order chi connectivity index (χ0) is 6.57. The van der Waals surface area contributed by atoms with Crippen molar-refractivity contribution in [2.45, 2.75) is 0 Å². The first-order valence-electron chi connectivity index (χ1n) is 1.77. The first-order valence-corrected chi connectivity index (χ1v) is 1.77. The molecule has 2 radical (unpaired) electrons. The summed E-state index contributed by atoms with van der Waals surface area (Å²) in [6.07, 6.45) is 1.12. The van der Waals surface area contributed by atoms with Crippen LogP contribution in [0.1, 0.15) is 0 Å². The molecule has 0 amide bonds. The molecule has 0 unspecified atom stereocenters. The Kier molecular flexibility index (Phi) is 7.05. The Hall–Kier alpha value is -0.521. The number of hydrogen-bond acceptors (Lipinski definition) is 2. The van der Waals surface area contributed by atoms with E-state index in [1.165, 1.54) is 0 Å². The molecule has 0 heterocycles. The van der Waals surface area contributed by atoms with Gasteiger partial charge >= 0.3 is 35.8 Å². The van der Waals surface area contributed by atoms with Gasteiger partial charge in [0.2, 0.25) is 0 Å². The summed E-state index contributed by atoms with van der Waals surface area (Å²) < 4.78 is 0. The third-order valence-electron chi connectivity index (χ3n) is 0.368. The second-order valence-corrected chi connectivity index (χ2v) is 1.01. The average molecular weight is 237 g/mol. The van der Waals surface area contributed by atoms with Gasteiger partial charge in [-0.2, -0.15) is 0 Å². The molecular weight excluding hydrogens is 231 g/mol. The quantitative estimate of drug-likeness (QED) is 0.467. The Balaban J connectivity index is 0. The molecule has 0 aliphatic carbocycles. The van der Waals surface area contributed by atoms with Crippen molar-refractivity contribution < 1.29 is 19.8 Å². The zero-order valence-corrected chi connectivity index (χ0v) is 8.61. The number of aliphatic carboxylic acids is 2. The van der Waals surface area contributed by atoms with Crippen molar-refractivity contribution >= 4 is 35.8 Å².